The van der Waals surface area contributed by atoms with Crippen LogP contribution in [0.15, 0.2) is 60.3 Å². The molecular formula is C22H22N4. The average molecular weight is 342 g/mol. The molecule has 26 heavy (non-hydrogen) atoms. The number of hydrazone groups is 1. The molecule has 3 heterocycles. The molecule has 0 bridgehead atoms. The smallest absolute Gasteiger partial charge is 0.153 e. The summed E-state index contributed by atoms with van der Waals surface area (Å²) in [5, 5.41) is 6.40. The average Bonchev–Trinajstić information content (AvgIpc) is 2.94. The highest BCUT2D eigenvalue weighted by Crippen LogP contribution is 2.35. The van der Waals surface area contributed by atoms with Gasteiger partial charge in [-0.1, -0.05) is 31.7 Å². The summed E-state index contributed by atoms with van der Waals surface area (Å²) < 4.78 is 2.28. The first-order valence-corrected chi connectivity index (χ1v) is 8.87. The topological polar surface area (TPSA) is 33.4 Å². The van der Waals surface area contributed by atoms with E-state index >= 15 is 0 Å². The normalized spacial score (nSPS) is 13.2. The number of hydrogen-bond acceptors (Lipinski definition) is 3. The highest BCUT2D eigenvalue weighted by Gasteiger charge is 2.26. The zero-order valence-corrected chi connectivity index (χ0v) is 15.4. The molecule has 0 radical (unpaired) electrons. The second-order valence-corrected chi connectivity index (χ2v) is 6.51. The van der Waals surface area contributed by atoms with E-state index < -0.39 is 0 Å². The van der Waals surface area contributed by atoms with Crippen molar-refractivity contribution in [2.45, 2.75) is 27.2 Å². The van der Waals surface area contributed by atoms with Crippen LogP contribution in [0.2, 0.25) is 0 Å². The number of pyridine rings is 1. The molecule has 2 aromatic heterocycles. The molecule has 4 rings (SSSR count). The summed E-state index contributed by atoms with van der Waals surface area (Å²) in [5.74, 6) is 0.775. The van der Waals surface area contributed by atoms with E-state index in [0.717, 1.165) is 34.8 Å². The lowest BCUT2D eigenvalue weighted by Gasteiger charge is -2.24. The molecule has 0 saturated heterocycles. The summed E-state index contributed by atoms with van der Waals surface area (Å²) in [5.41, 5.74) is 7.95. The van der Waals surface area contributed by atoms with Crippen LogP contribution in [0.25, 0.3) is 11.4 Å². The molecule has 1 aromatic carbocycles. The lowest BCUT2D eigenvalue weighted by atomic mass is 10.1. The van der Waals surface area contributed by atoms with E-state index in [0.29, 0.717) is 0 Å². The van der Waals surface area contributed by atoms with Gasteiger partial charge in [-0.25, -0.2) is 9.99 Å². The van der Waals surface area contributed by atoms with Crippen molar-refractivity contribution < 1.29 is 0 Å². The number of hydrogen-bond donors (Lipinski definition) is 0. The molecule has 0 spiro atoms. The number of aryl methyl sites for hydroxylation is 1. The summed E-state index contributed by atoms with van der Waals surface area (Å²) in [4.78, 5) is 4.41. The van der Waals surface area contributed by atoms with Crippen molar-refractivity contribution >= 4 is 17.7 Å². The maximum absolute atomic E-state index is 4.59. The van der Waals surface area contributed by atoms with Gasteiger partial charge in [0.05, 0.1) is 11.9 Å². The third-order valence-electron chi connectivity index (χ3n) is 5.01. The van der Waals surface area contributed by atoms with Gasteiger partial charge in [0.25, 0.3) is 0 Å². The Bertz CT molecular complexity index is 995. The van der Waals surface area contributed by atoms with Gasteiger partial charge >= 0.3 is 0 Å². The Morgan fingerprint density at radius 2 is 1.77 bits per heavy atom. The van der Waals surface area contributed by atoms with Crippen LogP contribution < -0.4 is 5.01 Å². The van der Waals surface area contributed by atoms with Crippen molar-refractivity contribution in [1.82, 2.24) is 9.55 Å². The van der Waals surface area contributed by atoms with Crippen molar-refractivity contribution in [2.24, 2.45) is 5.10 Å². The standard InChI is InChI=1S/C22H22N4/c1-5-18-9-11-19(12-10-18)25-15(2)20-14-24-26(17(4)22(20)16(25)3)21-8-6-7-13-23-21/h6-14H,4-5H2,1-3H3. The van der Waals surface area contributed by atoms with E-state index in [1.165, 1.54) is 17.0 Å². The number of aromatic nitrogens is 2. The van der Waals surface area contributed by atoms with Crippen LogP contribution in [0, 0.1) is 13.8 Å². The summed E-state index contributed by atoms with van der Waals surface area (Å²) >= 11 is 0. The van der Waals surface area contributed by atoms with Gasteiger partial charge < -0.3 is 4.57 Å². The molecule has 4 heteroatoms. The van der Waals surface area contributed by atoms with Gasteiger partial charge in [-0.05, 0) is 50.1 Å². The van der Waals surface area contributed by atoms with Crippen LogP contribution in [0.5, 0.6) is 0 Å². The highest BCUT2D eigenvalue weighted by molar-refractivity contribution is 5.98. The van der Waals surface area contributed by atoms with Crippen molar-refractivity contribution in [1.29, 1.82) is 0 Å². The molecule has 4 nitrogen and oxygen atoms in total. The van der Waals surface area contributed by atoms with Gasteiger partial charge in [-0.3, -0.25) is 0 Å². The van der Waals surface area contributed by atoms with Crippen LogP contribution in [0.1, 0.15) is 35.0 Å². The van der Waals surface area contributed by atoms with Crippen molar-refractivity contribution in [3.8, 4) is 5.69 Å². The number of fused-ring (bicyclic) bond motifs is 1. The fourth-order valence-corrected chi connectivity index (χ4v) is 3.62. The van der Waals surface area contributed by atoms with E-state index in [1.54, 1.807) is 11.2 Å². The lowest BCUT2D eigenvalue weighted by molar-refractivity contribution is 0.959. The van der Waals surface area contributed by atoms with Gasteiger partial charge in [-0.2, -0.15) is 5.10 Å². The van der Waals surface area contributed by atoms with Crippen molar-refractivity contribution in [3.63, 3.8) is 0 Å². The third kappa shape index (κ3) is 2.46. The fourth-order valence-electron chi connectivity index (χ4n) is 3.62. The molecule has 0 saturated carbocycles. The molecular weight excluding hydrogens is 320 g/mol. The molecule has 0 amide bonds. The second-order valence-electron chi connectivity index (χ2n) is 6.51. The van der Waals surface area contributed by atoms with Gasteiger partial charge in [0.2, 0.25) is 0 Å². The number of rotatable bonds is 3. The Morgan fingerprint density at radius 3 is 2.42 bits per heavy atom. The molecule has 130 valence electrons. The molecule has 1 aliphatic rings. The predicted octanol–water partition coefficient (Wildman–Crippen LogP) is 4.88. The van der Waals surface area contributed by atoms with E-state index in [4.69, 9.17) is 0 Å². The first-order valence-electron chi connectivity index (χ1n) is 8.87. The maximum atomic E-state index is 4.59. The van der Waals surface area contributed by atoms with E-state index in [2.05, 4.69) is 66.3 Å². The predicted molar refractivity (Wildman–Crippen MR) is 108 cm³/mol. The van der Waals surface area contributed by atoms with Gasteiger partial charge in [0.1, 0.15) is 0 Å². The fraction of sp³-hybridized carbons (Fsp3) is 0.182. The Labute approximate surface area is 154 Å². The van der Waals surface area contributed by atoms with Crippen LogP contribution in [-0.2, 0) is 6.42 Å². The zero-order valence-electron chi connectivity index (χ0n) is 15.4. The molecule has 0 aliphatic carbocycles. The van der Waals surface area contributed by atoms with Crippen LogP contribution >= 0.6 is 0 Å². The molecule has 1 aliphatic heterocycles. The minimum Gasteiger partial charge on any atom is -0.317 e. The molecule has 0 unspecified atom stereocenters. The number of nitrogens with zero attached hydrogens (tertiary/aromatic N) is 4. The van der Waals surface area contributed by atoms with Gasteiger partial charge in [0, 0.05) is 34.4 Å². The largest absolute Gasteiger partial charge is 0.317 e. The van der Waals surface area contributed by atoms with Crippen LogP contribution in [0.4, 0.5) is 5.82 Å². The van der Waals surface area contributed by atoms with E-state index in [-0.39, 0.29) is 0 Å². The molecule has 0 fully saturated rings. The Morgan fingerprint density at radius 1 is 1.00 bits per heavy atom. The number of benzene rings is 1. The first kappa shape index (κ1) is 16.3. The number of anilines is 1. The molecule has 3 aromatic rings. The molecule has 0 atom stereocenters. The van der Waals surface area contributed by atoms with E-state index in [1.807, 2.05) is 24.4 Å². The summed E-state index contributed by atoms with van der Waals surface area (Å²) in [7, 11) is 0. The quantitative estimate of drug-likeness (QED) is 0.680. The van der Waals surface area contributed by atoms with Crippen molar-refractivity contribution in [2.75, 3.05) is 5.01 Å². The van der Waals surface area contributed by atoms with Crippen LogP contribution in [-0.4, -0.2) is 15.8 Å². The van der Waals surface area contributed by atoms with Gasteiger partial charge in [-0.15, -0.1) is 0 Å². The molecule has 0 N–H and O–H groups in total. The Kier molecular flexibility index (Phi) is 3.96. The minimum atomic E-state index is 0.775. The minimum absolute atomic E-state index is 0.775. The maximum Gasteiger partial charge on any atom is 0.153 e. The Hall–Kier alpha value is -3.14. The van der Waals surface area contributed by atoms with Gasteiger partial charge in [0.15, 0.2) is 5.82 Å². The van der Waals surface area contributed by atoms with E-state index in [9.17, 15) is 0 Å². The Balaban J connectivity index is 1.81. The summed E-state index contributed by atoms with van der Waals surface area (Å²) in [6.07, 6.45) is 4.73. The van der Waals surface area contributed by atoms with Crippen molar-refractivity contribution in [3.05, 3.63) is 83.3 Å². The lowest BCUT2D eigenvalue weighted by Crippen LogP contribution is -2.20. The third-order valence-corrected chi connectivity index (χ3v) is 5.01. The zero-order chi connectivity index (χ0) is 18.3. The summed E-state index contributed by atoms with van der Waals surface area (Å²) in [6, 6.07) is 14.5. The monoisotopic (exact) mass is 342 g/mol. The SMILES string of the molecule is C=C1c2c(c(C)n(-c3ccc(CC)cc3)c2C)C=NN1c1ccccn1. The summed E-state index contributed by atoms with van der Waals surface area (Å²) in [6.45, 7) is 10.8. The highest BCUT2D eigenvalue weighted by atomic mass is 15.5. The second kappa shape index (κ2) is 6.30. The van der Waals surface area contributed by atoms with Crippen LogP contribution in [0.3, 0.4) is 0 Å². The first-order chi connectivity index (χ1) is 12.6.